The third-order valence-corrected chi connectivity index (χ3v) is 3.43. The normalized spacial score (nSPS) is 14.6. The van der Waals surface area contributed by atoms with Crippen molar-refractivity contribution in [2.75, 3.05) is 6.54 Å². The van der Waals surface area contributed by atoms with E-state index in [1.54, 1.807) is 0 Å². The fourth-order valence-electron chi connectivity index (χ4n) is 1.99. The van der Waals surface area contributed by atoms with Crippen LogP contribution in [0.2, 0.25) is 0 Å². The van der Waals surface area contributed by atoms with Crippen LogP contribution in [0, 0.1) is 0 Å². The van der Waals surface area contributed by atoms with Gasteiger partial charge in [0, 0.05) is 12.6 Å². The van der Waals surface area contributed by atoms with Crippen LogP contribution in [0.1, 0.15) is 31.9 Å². The van der Waals surface area contributed by atoms with Gasteiger partial charge in [-0.25, -0.2) is 0 Å². The predicted molar refractivity (Wildman–Crippen MR) is 76.7 cm³/mol. The maximum atomic E-state index is 10.2. The Morgan fingerprint density at radius 3 is 2.56 bits per heavy atom. The number of rotatable bonds is 5. The quantitative estimate of drug-likeness (QED) is 0.844. The molecule has 0 aliphatic rings. The Labute approximate surface area is 109 Å². The van der Waals surface area contributed by atoms with Crippen LogP contribution < -0.4 is 5.32 Å². The monoisotopic (exact) mass is 243 g/mol. The summed E-state index contributed by atoms with van der Waals surface area (Å²) in [6.45, 7) is 4.88. The highest BCUT2D eigenvalue weighted by Crippen LogP contribution is 2.20. The van der Waals surface area contributed by atoms with Crippen LogP contribution in [0.4, 0.5) is 0 Å². The molecule has 2 aromatic rings. The van der Waals surface area contributed by atoms with Crippen molar-refractivity contribution >= 4 is 10.8 Å². The van der Waals surface area contributed by atoms with E-state index in [9.17, 15) is 5.11 Å². The lowest BCUT2D eigenvalue weighted by Gasteiger charge is -2.16. The second-order valence-corrected chi connectivity index (χ2v) is 4.84. The van der Waals surface area contributed by atoms with Gasteiger partial charge in [0.2, 0.25) is 0 Å². The van der Waals surface area contributed by atoms with Crippen LogP contribution >= 0.6 is 0 Å². The summed E-state index contributed by atoms with van der Waals surface area (Å²) in [5.74, 6) is 0. The first-order valence-electron chi connectivity index (χ1n) is 6.61. The van der Waals surface area contributed by atoms with E-state index in [0.29, 0.717) is 12.6 Å². The minimum absolute atomic E-state index is 0.441. The van der Waals surface area contributed by atoms with Crippen LogP contribution in [0.5, 0.6) is 0 Å². The molecule has 2 nitrogen and oxygen atoms in total. The lowest BCUT2D eigenvalue weighted by molar-refractivity contribution is 0.170. The molecular formula is C16H21NO. The summed E-state index contributed by atoms with van der Waals surface area (Å²) in [4.78, 5) is 0. The summed E-state index contributed by atoms with van der Waals surface area (Å²) >= 11 is 0. The minimum atomic E-state index is -0.441. The third kappa shape index (κ3) is 3.09. The first-order valence-corrected chi connectivity index (χ1v) is 6.61. The van der Waals surface area contributed by atoms with Crippen molar-refractivity contribution in [3.63, 3.8) is 0 Å². The van der Waals surface area contributed by atoms with Crippen molar-refractivity contribution < 1.29 is 5.11 Å². The Morgan fingerprint density at radius 2 is 1.83 bits per heavy atom. The SMILES string of the molecule is CC[C@@H](C)NC[C@H](O)c1ccc2ccccc2c1. The smallest absolute Gasteiger partial charge is 0.0914 e. The van der Waals surface area contributed by atoms with Crippen LogP contribution in [0.3, 0.4) is 0 Å². The number of aliphatic hydroxyl groups excluding tert-OH is 1. The van der Waals surface area contributed by atoms with E-state index in [-0.39, 0.29) is 0 Å². The molecule has 0 aromatic heterocycles. The van der Waals surface area contributed by atoms with Crippen molar-refractivity contribution in [2.45, 2.75) is 32.4 Å². The molecule has 2 heteroatoms. The van der Waals surface area contributed by atoms with Gasteiger partial charge >= 0.3 is 0 Å². The van der Waals surface area contributed by atoms with E-state index in [0.717, 1.165) is 12.0 Å². The van der Waals surface area contributed by atoms with E-state index in [4.69, 9.17) is 0 Å². The van der Waals surface area contributed by atoms with Crippen molar-refractivity contribution in [3.8, 4) is 0 Å². The molecule has 0 heterocycles. The summed E-state index contributed by atoms with van der Waals surface area (Å²) in [7, 11) is 0. The molecule has 0 bridgehead atoms. The van der Waals surface area contributed by atoms with Gasteiger partial charge in [-0.15, -0.1) is 0 Å². The fraction of sp³-hybridized carbons (Fsp3) is 0.375. The van der Waals surface area contributed by atoms with E-state index in [1.165, 1.54) is 10.8 Å². The van der Waals surface area contributed by atoms with Gasteiger partial charge in [0.1, 0.15) is 0 Å². The van der Waals surface area contributed by atoms with Crippen molar-refractivity contribution in [3.05, 3.63) is 48.0 Å². The summed E-state index contributed by atoms with van der Waals surface area (Å²) in [5, 5.41) is 15.9. The molecule has 0 saturated carbocycles. The molecule has 2 aromatic carbocycles. The van der Waals surface area contributed by atoms with Crippen LogP contribution in [0.25, 0.3) is 10.8 Å². The lowest BCUT2D eigenvalue weighted by Crippen LogP contribution is -2.29. The maximum Gasteiger partial charge on any atom is 0.0914 e. The van der Waals surface area contributed by atoms with E-state index >= 15 is 0 Å². The molecule has 0 radical (unpaired) electrons. The number of aliphatic hydroxyl groups is 1. The third-order valence-electron chi connectivity index (χ3n) is 3.43. The fourth-order valence-corrected chi connectivity index (χ4v) is 1.99. The first kappa shape index (κ1) is 13.1. The summed E-state index contributed by atoms with van der Waals surface area (Å²) < 4.78 is 0. The van der Waals surface area contributed by atoms with Gasteiger partial charge in [-0.3, -0.25) is 0 Å². The Hall–Kier alpha value is -1.38. The average Bonchev–Trinajstić information content (AvgIpc) is 2.43. The Kier molecular flexibility index (Phi) is 4.34. The molecule has 0 spiro atoms. The van der Waals surface area contributed by atoms with Gasteiger partial charge in [0.25, 0.3) is 0 Å². The molecule has 0 fully saturated rings. The number of hydrogen-bond acceptors (Lipinski definition) is 2. The van der Waals surface area contributed by atoms with Gasteiger partial charge in [0.15, 0.2) is 0 Å². The van der Waals surface area contributed by atoms with Gasteiger partial charge in [0.05, 0.1) is 6.10 Å². The highest BCUT2D eigenvalue weighted by molar-refractivity contribution is 5.83. The summed E-state index contributed by atoms with van der Waals surface area (Å²) in [6.07, 6.45) is 0.633. The number of hydrogen-bond donors (Lipinski definition) is 2. The second-order valence-electron chi connectivity index (χ2n) is 4.84. The first-order chi connectivity index (χ1) is 8.70. The Morgan fingerprint density at radius 1 is 1.11 bits per heavy atom. The number of nitrogens with one attached hydrogen (secondary N) is 1. The zero-order valence-electron chi connectivity index (χ0n) is 11.1. The molecule has 0 aliphatic heterocycles. The molecule has 2 N–H and O–H groups in total. The van der Waals surface area contributed by atoms with Gasteiger partial charge in [-0.1, -0.05) is 43.3 Å². The zero-order valence-corrected chi connectivity index (χ0v) is 11.1. The van der Waals surface area contributed by atoms with E-state index < -0.39 is 6.10 Å². The van der Waals surface area contributed by atoms with Crippen molar-refractivity contribution in [1.29, 1.82) is 0 Å². The topological polar surface area (TPSA) is 32.3 Å². The second kappa shape index (κ2) is 5.98. The van der Waals surface area contributed by atoms with Crippen LogP contribution in [0.15, 0.2) is 42.5 Å². The standard InChI is InChI=1S/C16H21NO/c1-3-12(2)17-11-16(18)15-9-8-13-6-4-5-7-14(13)10-15/h4-10,12,16-18H,3,11H2,1-2H3/t12-,16+/m1/s1. The van der Waals surface area contributed by atoms with Crippen LogP contribution in [-0.2, 0) is 0 Å². The molecule has 0 unspecified atom stereocenters. The molecule has 2 rings (SSSR count). The van der Waals surface area contributed by atoms with E-state index in [1.807, 2.05) is 18.2 Å². The highest BCUT2D eigenvalue weighted by Gasteiger charge is 2.09. The molecule has 2 atom stereocenters. The molecule has 18 heavy (non-hydrogen) atoms. The molecule has 0 amide bonds. The molecule has 0 saturated heterocycles. The Balaban J connectivity index is 2.10. The summed E-state index contributed by atoms with van der Waals surface area (Å²) in [6, 6.07) is 14.8. The average molecular weight is 243 g/mol. The largest absolute Gasteiger partial charge is 0.387 e. The Bertz CT molecular complexity index is 509. The number of fused-ring (bicyclic) bond motifs is 1. The van der Waals surface area contributed by atoms with Gasteiger partial charge in [-0.05, 0) is 35.7 Å². The predicted octanol–water partition coefficient (Wildman–Crippen LogP) is 3.26. The van der Waals surface area contributed by atoms with E-state index in [2.05, 4.69) is 43.4 Å². The zero-order chi connectivity index (χ0) is 13.0. The number of benzene rings is 2. The van der Waals surface area contributed by atoms with Gasteiger partial charge in [-0.2, -0.15) is 0 Å². The minimum Gasteiger partial charge on any atom is -0.387 e. The molecular weight excluding hydrogens is 222 g/mol. The molecule has 0 aliphatic carbocycles. The van der Waals surface area contributed by atoms with Crippen molar-refractivity contribution in [2.24, 2.45) is 0 Å². The highest BCUT2D eigenvalue weighted by atomic mass is 16.3. The van der Waals surface area contributed by atoms with Crippen molar-refractivity contribution in [1.82, 2.24) is 5.32 Å². The summed E-state index contributed by atoms with van der Waals surface area (Å²) in [5.41, 5.74) is 0.976. The van der Waals surface area contributed by atoms with Crippen LogP contribution in [-0.4, -0.2) is 17.7 Å². The maximum absolute atomic E-state index is 10.2. The lowest BCUT2D eigenvalue weighted by atomic mass is 10.0. The van der Waals surface area contributed by atoms with Gasteiger partial charge < -0.3 is 10.4 Å². The molecule has 96 valence electrons.